The van der Waals surface area contributed by atoms with Crippen LogP contribution in [0.15, 0.2) is 0 Å². The van der Waals surface area contributed by atoms with Gasteiger partial charge in [0.1, 0.15) is 0 Å². The summed E-state index contributed by atoms with van der Waals surface area (Å²) in [7, 11) is 0. The Kier molecular flexibility index (Phi) is 3.95. The van der Waals surface area contributed by atoms with Crippen molar-refractivity contribution < 1.29 is 4.74 Å². The molecule has 2 unspecified atom stereocenters. The number of rotatable bonds is 5. The molecule has 0 aromatic heterocycles. The first-order valence-electron chi connectivity index (χ1n) is 8.20. The maximum absolute atomic E-state index is 6.01. The number of nitrogens with one attached hydrogen (secondary N) is 1. The van der Waals surface area contributed by atoms with Gasteiger partial charge < -0.3 is 10.1 Å². The zero-order valence-electron chi connectivity index (χ0n) is 11.9. The predicted molar refractivity (Wildman–Crippen MR) is 74.7 cm³/mol. The number of ether oxygens (including phenoxy) is 1. The maximum Gasteiger partial charge on any atom is 0.0661 e. The quantitative estimate of drug-likeness (QED) is 0.807. The van der Waals surface area contributed by atoms with E-state index < -0.39 is 0 Å². The third kappa shape index (κ3) is 2.22. The van der Waals surface area contributed by atoms with Gasteiger partial charge in [-0.15, -0.1) is 0 Å². The van der Waals surface area contributed by atoms with Crippen molar-refractivity contribution in [2.75, 3.05) is 13.2 Å². The van der Waals surface area contributed by atoms with Gasteiger partial charge in [-0.3, -0.25) is 0 Å². The normalized spacial score (nSPS) is 35.2. The standard InChI is InChI=1S/C16H29NO/c1-2-18-15-11-14(17-12-13-7-6-8-13)16(15)9-4-3-5-10-16/h13-15,17H,2-12H2,1H3. The third-order valence-corrected chi connectivity index (χ3v) is 5.81. The molecule has 0 amide bonds. The number of hydrogen-bond acceptors (Lipinski definition) is 2. The predicted octanol–water partition coefficient (Wildman–Crippen LogP) is 3.50. The van der Waals surface area contributed by atoms with Gasteiger partial charge in [-0.2, -0.15) is 0 Å². The van der Waals surface area contributed by atoms with Crippen molar-refractivity contribution in [3.8, 4) is 0 Å². The zero-order valence-corrected chi connectivity index (χ0v) is 11.9. The van der Waals surface area contributed by atoms with Crippen molar-refractivity contribution in [3.05, 3.63) is 0 Å². The van der Waals surface area contributed by atoms with E-state index in [0.29, 0.717) is 11.5 Å². The smallest absolute Gasteiger partial charge is 0.0661 e. The molecule has 0 aromatic rings. The Morgan fingerprint density at radius 1 is 1.11 bits per heavy atom. The molecule has 3 rings (SSSR count). The van der Waals surface area contributed by atoms with Gasteiger partial charge in [0.25, 0.3) is 0 Å². The van der Waals surface area contributed by atoms with E-state index in [9.17, 15) is 0 Å². The largest absolute Gasteiger partial charge is 0.378 e. The Bertz CT molecular complexity index is 268. The molecule has 2 atom stereocenters. The average molecular weight is 251 g/mol. The monoisotopic (exact) mass is 251 g/mol. The molecule has 3 aliphatic carbocycles. The maximum atomic E-state index is 6.01. The number of hydrogen-bond donors (Lipinski definition) is 1. The second kappa shape index (κ2) is 5.50. The summed E-state index contributed by atoms with van der Waals surface area (Å²) in [5.74, 6) is 0.983. The van der Waals surface area contributed by atoms with Crippen LogP contribution in [0.1, 0.15) is 64.7 Å². The lowest BCUT2D eigenvalue weighted by atomic mass is 9.55. The highest BCUT2D eigenvalue weighted by Crippen LogP contribution is 2.53. The lowest BCUT2D eigenvalue weighted by molar-refractivity contribution is -0.150. The van der Waals surface area contributed by atoms with Gasteiger partial charge in [0.15, 0.2) is 0 Å². The summed E-state index contributed by atoms with van der Waals surface area (Å²) in [5.41, 5.74) is 0.512. The highest BCUT2D eigenvalue weighted by molar-refractivity contribution is 5.09. The van der Waals surface area contributed by atoms with E-state index in [1.807, 2.05) is 0 Å². The fourth-order valence-electron chi connectivity index (χ4n) is 4.36. The summed E-state index contributed by atoms with van der Waals surface area (Å²) in [6, 6.07) is 0.759. The minimum absolute atomic E-state index is 0.512. The summed E-state index contributed by atoms with van der Waals surface area (Å²) in [6.07, 6.45) is 13.3. The Morgan fingerprint density at radius 3 is 2.50 bits per heavy atom. The lowest BCUT2D eigenvalue weighted by Gasteiger charge is -2.58. The molecule has 0 aromatic carbocycles. The average Bonchev–Trinajstić information content (AvgIpc) is 2.36. The van der Waals surface area contributed by atoms with E-state index in [1.165, 1.54) is 64.3 Å². The molecule has 1 N–H and O–H groups in total. The summed E-state index contributed by atoms with van der Waals surface area (Å²) in [5, 5.41) is 3.89. The van der Waals surface area contributed by atoms with Crippen LogP contribution >= 0.6 is 0 Å². The second-order valence-electron chi connectivity index (χ2n) is 6.73. The van der Waals surface area contributed by atoms with Crippen LogP contribution in [-0.2, 0) is 4.74 Å². The van der Waals surface area contributed by atoms with Gasteiger partial charge in [0, 0.05) is 18.1 Å². The minimum atomic E-state index is 0.512. The Hall–Kier alpha value is -0.0800. The molecule has 3 fully saturated rings. The van der Waals surface area contributed by atoms with Crippen LogP contribution < -0.4 is 5.32 Å². The molecule has 0 radical (unpaired) electrons. The first-order chi connectivity index (χ1) is 8.85. The van der Waals surface area contributed by atoms with Gasteiger partial charge >= 0.3 is 0 Å². The molecule has 1 spiro atoms. The lowest BCUT2D eigenvalue weighted by Crippen LogP contribution is -2.65. The van der Waals surface area contributed by atoms with E-state index >= 15 is 0 Å². The molecule has 0 saturated heterocycles. The van der Waals surface area contributed by atoms with Gasteiger partial charge in [0.2, 0.25) is 0 Å². The molecular weight excluding hydrogens is 222 g/mol. The van der Waals surface area contributed by atoms with Gasteiger partial charge in [-0.05, 0) is 51.5 Å². The minimum Gasteiger partial charge on any atom is -0.378 e. The van der Waals surface area contributed by atoms with Crippen LogP contribution in [0.4, 0.5) is 0 Å². The first kappa shape index (κ1) is 12.9. The molecule has 2 nitrogen and oxygen atoms in total. The van der Waals surface area contributed by atoms with E-state index in [0.717, 1.165) is 18.6 Å². The van der Waals surface area contributed by atoms with Crippen LogP contribution in [-0.4, -0.2) is 25.3 Å². The van der Waals surface area contributed by atoms with E-state index in [2.05, 4.69) is 12.2 Å². The molecule has 0 aliphatic heterocycles. The topological polar surface area (TPSA) is 21.3 Å². The van der Waals surface area contributed by atoms with Crippen LogP contribution in [0.5, 0.6) is 0 Å². The van der Waals surface area contributed by atoms with E-state index in [-0.39, 0.29) is 0 Å². The molecule has 0 bridgehead atoms. The molecule has 3 saturated carbocycles. The van der Waals surface area contributed by atoms with E-state index in [1.54, 1.807) is 0 Å². The van der Waals surface area contributed by atoms with Crippen molar-refractivity contribution in [2.45, 2.75) is 76.9 Å². The summed E-state index contributed by atoms with van der Waals surface area (Å²) in [6.45, 7) is 4.30. The molecule has 18 heavy (non-hydrogen) atoms. The highest BCUT2D eigenvalue weighted by atomic mass is 16.5. The first-order valence-corrected chi connectivity index (χ1v) is 8.20. The molecule has 3 aliphatic rings. The zero-order chi connectivity index (χ0) is 12.4. The van der Waals surface area contributed by atoms with Crippen LogP contribution in [0.25, 0.3) is 0 Å². The van der Waals surface area contributed by atoms with Crippen LogP contribution in [0, 0.1) is 11.3 Å². The van der Waals surface area contributed by atoms with Gasteiger partial charge in [0.05, 0.1) is 6.10 Å². The summed E-state index contributed by atoms with van der Waals surface area (Å²) in [4.78, 5) is 0. The van der Waals surface area contributed by atoms with Crippen molar-refractivity contribution in [2.24, 2.45) is 11.3 Å². The highest BCUT2D eigenvalue weighted by Gasteiger charge is 2.55. The van der Waals surface area contributed by atoms with Gasteiger partial charge in [-0.1, -0.05) is 25.7 Å². The second-order valence-corrected chi connectivity index (χ2v) is 6.73. The van der Waals surface area contributed by atoms with E-state index in [4.69, 9.17) is 4.74 Å². The van der Waals surface area contributed by atoms with Crippen molar-refractivity contribution in [1.29, 1.82) is 0 Å². The SMILES string of the molecule is CCOC1CC(NCC2CCC2)C12CCCCC2. The molecule has 104 valence electrons. The fourth-order valence-corrected chi connectivity index (χ4v) is 4.36. The van der Waals surface area contributed by atoms with Crippen molar-refractivity contribution >= 4 is 0 Å². The Balaban J connectivity index is 1.55. The third-order valence-electron chi connectivity index (χ3n) is 5.81. The Morgan fingerprint density at radius 2 is 1.89 bits per heavy atom. The fraction of sp³-hybridized carbons (Fsp3) is 1.00. The molecule has 2 heteroatoms. The van der Waals surface area contributed by atoms with Crippen LogP contribution in [0.2, 0.25) is 0 Å². The van der Waals surface area contributed by atoms with Gasteiger partial charge in [-0.25, -0.2) is 0 Å². The molecule has 0 heterocycles. The Labute approximate surface area is 112 Å². The van der Waals surface area contributed by atoms with Crippen LogP contribution in [0.3, 0.4) is 0 Å². The van der Waals surface area contributed by atoms with Crippen molar-refractivity contribution in [1.82, 2.24) is 5.32 Å². The summed E-state index contributed by atoms with van der Waals surface area (Å²) >= 11 is 0. The summed E-state index contributed by atoms with van der Waals surface area (Å²) < 4.78 is 6.01. The molecular formula is C16H29NO. The van der Waals surface area contributed by atoms with Crippen molar-refractivity contribution in [3.63, 3.8) is 0 Å².